The summed E-state index contributed by atoms with van der Waals surface area (Å²) in [4.78, 5) is 27.1. The molecule has 1 N–H and O–H groups in total. The van der Waals surface area contributed by atoms with Gasteiger partial charge in [-0.25, -0.2) is 0 Å². The van der Waals surface area contributed by atoms with Crippen LogP contribution in [-0.4, -0.2) is 35.9 Å². The van der Waals surface area contributed by atoms with E-state index in [1.165, 1.54) is 11.1 Å². The molecule has 3 rings (SSSR count). The van der Waals surface area contributed by atoms with E-state index >= 15 is 0 Å². The van der Waals surface area contributed by atoms with Gasteiger partial charge in [-0.1, -0.05) is 49.7 Å². The number of rotatable bonds is 7. The van der Waals surface area contributed by atoms with E-state index in [-0.39, 0.29) is 30.5 Å². The van der Waals surface area contributed by atoms with Gasteiger partial charge in [-0.15, -0.1) is 0 Å². The summed E-state index contributed by atoms with van der Waals surface area (Å²) in [6, 6.07) is 14.3. The topological polar surface area (TPSA) is 58.6 Å². The number of carbonyl (C=O) groups is 2. The van der Waals surface area contributed by atoms with Gasteiger partial charge in [0, 0.05) is 19.0 Å². The molecule has 1 aliphatic rings. The van der Waals surface area contributed by atoms with Crippen molar-refractivity contribution in [2.24, 2.45) is 5.92 Å². The first-order valence-corrected chi connectivity index (χ1v) is 11.2. The fraction of sp³-hybridized carbons (Fsp3) is 0.462. The molecule has 5 heteroatoms. The lowest BCUT2D eigenvalue weighted by atomic mass is 9.87. The summed E-state index contributed by atoms with van der Waals surface area (Å²) in [7, 11) is 0. The largest absolute Gasteiger partial charge is 0.484 e. The third kappa shape index (κ3) is 5.87. The molecule has 0 bridgehead atoms. The van der Waals surface area contributed by atoms with Crippen LogP contribution in [-0.2, 0) is 16.0 Å². The maximum Gasteiger partial charge on any atom is 0.258 e. The Balaban J connectivity index is 1.92. The van der Waals surface area contributed by atoms with E-state index in [2.05, 4.69) is 56.4 Å². The van der Waals surface area contributed by atoms with Crippen LogP contribution in [0.2, 0.25) is 0 Å². The Morgan fingerprint density at radius 1 is 1.10 bits per heavy atom. The van der Waals surface area contributed by atoms with Crippen molar-refractivity contribution in [2.45, 2.75) is 59.5 Å². The van der Waals surface area contributed by atoms with Gasteiger partial charge in [0.25, 0.3) is 5.91 Å². The number of fused-ring (bicyclic) bond motifs is 1. The van der Waals surface area contributed by atoms with E-state index in [0.29, 0.717) is 24.6 Å². The summed E-state index contributed by atoms with van der Waals surface area (Å²) in [6.45, 7) is 10.7. The molecule has 2 amide bonds. The maximum absolute atomic E-state index is 13.1. The number of hydrogen-bond acceptors (Lipinski definition) is 3. The van der Waals surface area contributed by atoms with Crippen molar-refractivity contribution in [3.8, 4) is 5.75 Å². The Kier molecular flexibility index (Phi) is 7.37. The second kappa shape index (κ2) is 9.99. The van der Waals surface area contributed by atoms with Crippen molar-refractivity contribution in [3.05, 3.63) is 64.7 Å². The average molecular weight is 423 g/mol. The van der Waals surface area contributed by atoms with Gasteiger partial charge in [0.2, 0.25) is 5.91 Å². The highest BCUT2D eigenvalue weighted by atomic mass is 16.5. The summed E-state index contributed by atoms with van der Waals surface area (Å²) in [6.07, 6.45) is 1.35. The van der Waals surface area contributed by atoms with Crippen LogP contribution in [0.25, 0.3) is 0 Å². The number of ether oxygens (including phenoxy) is 1. The van der Waals surface area contributed by atoms with Crippen LogP contribution in [0.4, 0.5) is 0 Å². The molecule has 5 nitrogen and oxygen atoms in total. The van der Waals surface area contributed by atoms with E-state index in [0.717, 1.165) is 17.5 Å². The first-order chi connectivity index (χ1) is 14.7. The molecule has 0 saturated carbocycles. The number of benzene rings is 2. The lowest BCUT2D eigenvalue weighted by Crippen LogP contribution is -2.41. The first-order valence-electron chi connectivity index (χ1n) is 11.2. The first kappa shape index (κ1) is 22.9. The van der Waals surface area contributed by atoms with Crippen LogP contribution < -0.4 is 10.1 Å². The SMILES string of the molecule is Cc1ccc(C2c3cc(OCC(=O)NC(C)C)ccc3CCN2C(=O)CC(C)C)cc1. The molecule has 1 aliphatic heterocycles. The van der Waals surface area contributed by atoms with Gasteiger partial charge >= 0.3 is 0 Å². The Morgan fingerprint density at radius 2 is 1.81 bits per heavy atom. The normalized spacial score (nSPS) is 15.7. The predicted molar refractivity (Wildman–Crippen MR) is 123 cm³/mol. The van der Waals surface area contributed by atoms with E-state index in [9.17, 15) is 9.59 Å². The third-order valence-corrected chi connectivity index (χ3v) is 5.46. The van der Waals surface area contributed by atoms with Crippen LogP contribution in [0, 0.1) is 12.8 Å². The molecule has 166 valence electrons. The molecular formula is C26H34N2O3. The van der Waals surface area contributed by atoms with Crippen LogP contribution in [0.15, 0.2) is 42.5 Å². The molecule has 0 fully saturated rings. The monoisotopic (exact) mass is 422 g/mol. The van der Waals surface area contributed by atoms with Crippen LogP contribution in [0.3, 0.4) is 0 Å². The maximum atomic E-state index is 13.1. The number of carbonyl (C=O) groups excluding carboxylic acids is 2. The lowest BCUT2D eigenvalue weighted by molar-refractivity contribution is -0.134. The van der Waals surface area contributed by atoms with Gasteiger partial charge in [0.05, 0.1) is 6.04 Å². The zero-order chi connectivity index (χ0) is 22.5. The smallest absolute Gasteiger partial charge is 0.258 e. The van der Waals surface area contributed by atoms with Crippen LogP contribution >= 0.6 is 0 Å². The average Bonchev–Trinajstić information content (AvgIpc) is 2.71. The summed E-state index contributed by atoms with van der Waals surface area (Å²) in [5.41, 5.74) is 4.58. The van der Waals surface area contributed by atoms with E-state index in [1.54, 1.807) is 0 Å². The highest BCUT2D eigenvalue weighted by Crippen LogP contribution is 2.38. The number of aryl methyl sites for hydroxylation is 1. The molecule has 31 heavy (non-hydrogen) atoms. The van der Waals surface area contributed by atoms with Gasteiger partial charge in [-0.3, -0.25) is 9.59 Å². The molecule has 2 aromatic carbocycles. The molecule has 1 atom stereocenters. The minimum atomic E-state index is -0.149. The minimum absolute atomic E-state index is 0.0256. The fourth-order valence-corrected chi connectivity index (χ4v) is 4.04. The molecule has 2 aromatic rings. The van der Waals surface area contributed by atoms with Crippen LogP contribution in [0.1, 0.15) is 62.4 Å². The molecular weight excluding hydrogens is 388 g/mol. The van der Waals surface area contributed by atoms with Crippen molar-refractivity contribution in [3.63, 3.8) is 0 Å². The van der Waals surface area contributed by atoms with Crippen LogP contribution in [0.5, 0.6) is 5.75 Å². The third-order valence-electron chi connectivity index (χ3n) is 5.46. The van der Waals surface area contributed by atoms with Gasteiger partial charge in [-0.05, 0) is 61.9 Å². The van der Waals surface area contributed by atoms with E-state index < -0.39 is 0 Å². The molecule has 0 saturated heterocycles. The van der Waals surface area contributed by atoms with Crippen molar-refractivity contribution in [1.29, 1.82) is 0 Å². The highest BCUT2D eigenvalue weighted by Gasteiger charge is 2.32. The Hall–Kier alpha value is -2.82. The summed E-state index contributed by atoms with van der Waals surface area (Å²) in [5, 5.41) is 2.84. The van der Waals surface area contributed by atoms with Crippen molar-refractivity contribution in [1.82, 2.24) is 10.2 Å². The number of hydrogen-bond donors (Lipinski definition) is 1. The molecule has 1 heterocycles. The molecule has 1 unspecified atom stereocenters. The quantitative estimate of drug-likeness (QED) is 0.719. The second-order valence-electron chi connectivity index (χ2n) is 9.12. The number of amides is 2. The lowest BCUT2D eigenvalue weighted by Gasteiger charge is -2.38. The van der Waals surface area contributed by atoms with Gasteiger partial charge in [0.15, 0.2) is 6.61 Å². The van der Waals surface area contributed by atoms with E-state index in [4.69, 9.17) is 4.74 Å². The van der Waals surface area contributed by atoms with Gasteiger partial charge < -0.3 is 15.0 Å². The number of nitrogens with zero attached hydrogens (tertiary/aromatic N) is 1. The van der Waals surface area contributed by atoms with Gasteiger partial charge in [0.1, 0.15) is 5.75 Å². The van der Waals surface area contributed by atoms with Crippen molar-refractivity contribution >= 4 is 11.8 Å². The number of nitrogens with one attached hydrogen (secondary N) is 1. The standard InChI is InChI=1S/C26H34N2O3/c1-17(2)14-25(30)28-13-12-20-10-11-22(31-16-24(29)27-18(3)4)15-23(20)26(28)21-8-6-19(5)7-9-21/h6-11,15,17-18,26H,12-14,16H2,1-5H3,(H,27,29). The summed E-state index contributed by atoms with van der Waals surface area (Å²) in [5.74, 6) is 0.986. The summed E-state index contributed by atoms with van der Waals surface area (Å²) >= 11 is 0. The fourth-order valence-electron chi connectivity index (χ4n) is 4.04. The highest BCUT2D eigenvalue weighted by molar-refractivity contribution is 5.78. The molecule has 0 spiro atoms. The van der Waals surface area contributed by atoms with Crippen molar-refractivity contribution in [2.75, 3.05) is 13.2 Å². The molecule has 0 aliphatic carbocycles. The predicted octanol–water partition coefficient (Wildman–Crippen LogP) is 4.42. The minimum Gasteiger partial charge on any atom is -0.484 e. The van der Waals surface area contributed by atoms with Crippen molar-refractivity contribution < 1.29 is 14.3 Å². The second-order valence-corrected chi connectivity index (χ2v) is 9.12. The zero-order valence-corrected chi connectivity index (χ0v) is 19.3. The Morgan fingerprint density at radius 3 is 2.45 bits per heavy atom. The summed E-state index contributed by atoms with van der Waals surface area (Å²) < 4.78 is 5.78. The molecule has 0 radical (unpaired) electrons. The van der Waals surface area contributed by atoms with Gasteiger partial charge in [-0.2, -0.15) is 0 Å². The molecule has 0 aromatic heterocycles. The Labute approximate surface area is 185 Å². The van der Waals surface area contributed by atoms with E-state index in [1.807, 2.05) is 30.9 Å². The Bertz CT molecular complexity index is 919. The zero-order valence-electron chi connectivity index (χ0n) is 19.3.